The van der Waals surface area contributed by atoms with Gasteiger partial charge in [0.15, 0.2) is 6.61 Å². The van der Waals surface area contributed by atoms with Crippen molar-refractivity contribution in [3.8, 4) is 11.8 Å². The zero-order valence-corrected chi connectivity index (χ0v) is 9.27. The molecule has 1 aromatic rings. The molecular weight excluding hydrogens is 206 g/mol. The van der Waals surface area contributed by atoms with E-state index in [9.17, 15) is 4.79 Å². The van der Waals surface area contributed by atoms with Crippen LogP contribution in [0.15, 0.2) is 24.3 Å². The van der Waals surface area contributed by atoms with Crippen molar-refractivity contribution >= 4 is 5.97 Å². The molecule has 84 valence electrons. The van der Waals surface area contributed by atoms with E-state index >= 15 is 0 Å². The summed E-state index contributed by atoms with van der Waals surface area (Å²) in [5.74, 6) is 0.138. The number of ether oxygens (including phenoxy) is 2. The Kier molecular flexibility index (Phi) is 4.34. The standard InChI is InChI=1S/C12H13NO3/c1-9(2)16-12(14)8-15-11-5-3-10(7-13)4-6-11/h3-6,9H,8H2,1-2H3. The van der Waals surface area contributed by atoms with Crippen molar-refractivity contribution in [1.29, 1.82) is 5.26 Å². The topological polar surface area (TPSA) is 59.3 Å². The van der Waals surface area contributed by atoms with E-state index in [1.54, 1.807) is 38.1 Å². The zero-order valence-electron chi connectivity index (χ0n) is 9.27. The molecular formula is C12H13NO3. The van der Waals surface area contributed by atoms with Gasteiger partial charge in [-0.1, -0.05) is 0 Å². The van der Waals surface area contributed by atoms with Crippen LogP contribution in [0.4, 0.5) is 0 Å². The van der Waals surface area contributed by atoms with E-state index in [-0.39, 0.29) is 12.7 Å². The first-order valence-corrected chi connectivity index (χ1v) is 4.94. The maximum atomic E-state index is 11.2. The van der Waals surface area contributed by atoms with Gasteiger partial charge in [-0.3, -0.25) is 0 Å². The molecule has 0 saturated carbocycles. The van der Waals surface area contributed by atoms with E-state index in [4.69, 9.17) is 14.7 Å². The molecule has 0 atom stereocenters. The van der Waals surface area contributed by atoms with Crippen LogP contribution in [0.25, 0.3) is 0 Å². The minimum atomic E-state index is -0.403. The molecule has 0 heterocycles. The van der Waals surface area contributed by atoms with Crippen LogP contribution in [0.5, 0.6) is 5.75 Å². The van der Waals surface area contributed by atoms with E-state index in [2.05, 4.69) is 0 Å². The second kappa shape index (κ2) is 5.76. The van der Waals surface area contributed by atoms with E-state index in [0.717, 1.165) is 0 Å². The average Bonchev–Trinajstić information content (AvgIpc) is 2.26. The number of rotatable bonds is 4. The number of carbonyl (C=O) groups excluding carboxylic acids is 1. The number of esters is 1. The Morgan fingerprint density at radius 1 is 1.38 bits per heavy atom. The van der Waals surface area contributed by atoms with Crippen molar-refractivity contribution in [2.45, 2.75) is 20.0 Å². The Hall–Kier alpha value is -2.02. The number of hydrogen-bond donors (Lipinski definition) is 0. The smallest absolute Gasteiger partial charge is 0.344 e. The second-order valence-electron chi connectivity index (χ2n) is 3.46. The molecule has 16 heavy (non-hydrogen) atoms. The van der Waals surface area contributed by atoms with Gasteiger partial charge in [0.25, 0.3) is 0 Å². The Bertz CT molecular complexity index is 390. The first-order chi connectivity index (χ1) is 7.61. The molecule has 0 saturated heterocycles. The molecule has 0 aromatic heterocycles. The summed E-state index contributed by atoms with van der Waals surface area (Å²) in [7, 11) is 0. The van der Waals surface area contributed by atoms with Gasteiger partial charge in [-0.2, -0.15) is 5.26 Å². The van der Waals surface area contributed by atoms with Gasteiger partial charge in [-0.25, -0.2) is 4.79 Å². The van der Waals surface area contributed by atoms with Crippen LogP contribution in [-0.4, -0.2) is 18.7 Å². The van der Waals surface area contributed by atoms with Crippen LogP contribution < -0.4 is 4.74 Å². The molecule has 0 amide bonds. The van der Waals surface area contributed by atoms with Crippen LogP contribution >= 0.6 is 0 Å². The van der Waals surface area contributed by atoms with Gasteiger partial charge in [0.05, 0.1) is 17.7 Å². The number of benzene rings is 1. The Balaban J connectivity index is 2.43. The first-order valence-electron chi connectivity index (χ1n) is 4.94. The normalized spacial score (nSPS) is 9.62. The van der Waals surface area contributed by atoms with Crippen LogP contribution in [-0.2, 0) is 9.53 Å². The minimum absolute atomic E-state index is 0.121. The maximum absolute atomic E-state index is 11.2. The fraction of sp³-hybridized carbons (Fsp3) is 0.333. The molecule has 0 spiro atoms. The number of carbonyl (C=O) groups is 1. The Labute approximate surface area is 94.4 Å². The summed E-state index contributed by atoms with van der Waals surface area (Å²) in [4.78, 5) is 11.2. The molecule has 0 aliphatic carbocycles. The summed E-state index contributed by atoms with van der Waals surface area (Å²) in [5.41, 5.74) is 0.553. The lowest BCUT2D eigenvalue weighted by Crippen LogP contribution is -2.18. The minimum Gasteiger partial charge on any atom is -0.482 e. The van der Waals surface area contributed by atoms with E-state index in [1.807, 2.05) is 6.07 Å². The highest BCUT2D eigenvalue weighted by atomic mass is 16.6. The molecule has 4 heteroatoms. The van der Waals surface area contributed by atoms with Crippen molar-refractivity contribution in [3.05, 3.63) is 29.8 Å². The quantitative estimate of drug-likeness (QED) is 0.725. The van der Waals surface area contributed by atoms with Crippen molar-refractivity contribution in [2.24, 2.45) is 0 Å². The van der Waals surface area contributed by atoms with Crippen molar-refractivity contribution in [1.82, 2.24) is 0 Å². The summed E-state index contributed by atoms with van der Waals surface area (Å²) in [5, 5.41) is 8.58. The summed E-state index contributed by atoms with van der Waals surface area (Å²) in [6, 6.07) is 8.53. The summed E-state index contributed by atoms with van der Waals surface area (Å²) in [6.07, 6.45) is -0.142. The van der Waals surface area contributed by atoms with Crippen LogP contribution in [0, 0.1) is 11.3 Å². The first kappa shape index (κ1) is 12.1. The largest absolute Gasteiger partial charge is 0.482 e. The summed E-state index contributed by atoms with van der Waals surface area (Å²) in [6.45, 7) is 3.43. The lowest BCUT2D eigenvalue weighted by molar-refractivity contribution is -0.149. The molecule has 4 nitrogen and oxygen atoms in total. The molecule has 1 rings (SSSR count). The molecule has 0 radical (unpaired) electrons. The van der Waals surface area contributed by atoms with E-state index in [1.165, 1.54) is 0 Å². The van der Waals surface area contributed by atoms with Gasteiger partial charge in [0.2, 0.25) is 0 Å². The summed E-state index contributed by atoms with van der Waals surface area (Å²) < 4.78 is 10.1. The Morgan fingerprint density at radius 3 is 2.50 bits per heavy atom. The lowest BCUT2D eigenvalue weighted by atomic mass is 10.2. The Morgan fingerprint density at radius 2 is 2.00 bits per heavy atom. The van der Waals surface area contributed by atoms with E-state index < -0.39 is 5.97 Å². The fourth-order valence-electron chi connectivity index (χ4n) is 1.06. The monoisotopic (exact) mass is 219 g/mol. The molecule has 0 fully saturated rings. The highest BCUT2D eigenvalue weighted by molar-refractivity contribution is 5.71. The average molecular weight is 219 g/mol. The van der Waals surface area contributed by atoms with Crippen LogP contribution in [0.2, 0.25) is 0 Å². The van der Waals surface area contributed by atoms with Crippen LogP contribution in [0.1, 0.15) is 19.4 Å². The predicted molar refractivity (Wildman–Crippen MR) is 57.9 cm³/mol. The molecule has 1 aromatic carbocycles. The van der Waals surface area contributed by atoms with Gasteiger partial charge in [0.1, 0.15) is 5.75 Å². The van der Waals surface area contributed by atoms with Crippen molar-refractivity contribution in [3.63, 3.8) is 0 Å². The van der Waals surface area contributed by atoms with Gasteiger partial charge in [0, 0.05) is 0 Å². The molecule has 0 N–H and O–H groups in total. The third-order valence-electron chi connectivity index (χ3n) is 1.71. The van der Waals surface area contributed by atoms with Gasteiger partial charge >= 0.3 is 5.97 Å². The third-order valence-corrected chi connectivity index (χ3v) is 1.71. The van der Waals surface area contributed by atoms with Gasteiger partial charge in [-0.15, -0.1) is 0 Å². The predicted octanol–water partition coefficient (Wildman–Crippen LogP) is 1.89. The SMILES string of the molecule is CC(C)OC(=O)COc1ccc(C#N)cc1. The molecule has 0 bridgehead atoms. The maximum Gasteiger partial charge on any atom is 0.344 e. The highest BCUT2D eigenvalue weighted by Crippen LogP contribution is 2.11. The molecule has 0 aliphatic heterocycles. The van der Waals surface area contributed by atoms with Crippen molar-refractivity contribution < 1.29 is 14.3 Å². The zero-order chi connectivity index (χ0) is 12.0. The number of nitrogens with zero attached hydrogens (tertiary/aromatic N) is 1. The van der Waals surface area contributed by atoms with Gasteiger partial charge < -0.3 is 9.47 Å². The lowest BCUT2D eigenvalue weighted by Gasteiger charge is -2.09. The fourth-order valence-corrected chi connectivity index (χ4v) is 1.06. The van der Waals surface area contributed by atoms with Crippen molar-refractivity contribution in [2.75, 3.05) is 6.61 Å². The highest BCUT2D eigenvalue weighted by Gasteiger charge is 2.06. The van der Waals surface area contributed by atoms with Crippen LogP contribution in [0.3, 0.4) is 0 Å². The third kappa shape index (κ3) is 4.01. The molecule has 0 aliphatic rings. The number of nitriles is 1. The van der Waals surface area contributed by atoms with E-state index in [0.29, 0.717) is 11.3 Å². The molecule has 0 unspecified atom stereocenters. The van der Waals surface area contributed by atoms with Gasteiger partial charge in [-0.05, 0) is 38.1 Å². The second-order valence-corrected chi connectivity index (χ2v) is 3.46. The summed E-state index contributed by atoms with van der Waals surface area (Å²) >= 11 is 0. The number of hydrogen-bond acceptors (Lipinski definition) is 4.